The van der Waals surface area contributed by atoms with Gasteiger partial charge in [0.25, 0.3) is 5.91 Å². The SMILES string of the molecule is COc1cc(-n2cccc2)c(Cl)cc1C(=O)Nc1ccc(-n2ccnc2)nc1. The molecule has 0 aliphatic carbocycles. The summed E-state index contributed by atoms with van der Waals surface area (Å²) < 4.78 is 9.03. The van der Waals surface area contributed by atoms with Crippen LogP contribution in [0.15, 0.2) is 73.7 Å². The van der Waals surface area contributed by atoms with E-state index >= 15 is 0 Å². The van der Waals surface area contributed by atoms with Crippen LogP contribution < -0.4 is 10.1 Å². The molecule has 3 aromatic heterocycles. The zero-order valence-corrected chi connectivity index (χ0v) is 15.7. The van der Waals surface area contributed by atoms with Crippen LogP contribution in [0.5, 0.6) is 5.75 Å². The van der Waals surface area contributed by atoms with E-state index in [0.29, 0.717) is 27.8 Å². The number of hydrogen-bond acceptors (Lipinski definition) is 4. The summed E-state index contributed by atoms with van der Waals surface area (Å²) in [7, 11) is 1.51. The number of ether oxygens (including phenoxy) is 1. The van der Waals surface area contributed by atoms with Crippen molar-refractivity contribution < 1.29 is 9.53 Å². The number of amides is 1. The standard InChI is InChI=1S/C20H16ClN5O2/c1-28-18-11-17(25-7-2-3-8-25)16(21)10-15(18)20(27)24-14-4-5-19(23-12-14)26-9-6-22-13-26/h2-13H,1H3,(H,24,27). The van der Waals surface area contributed by atoms with Crippen molar-refractivity contribution >= 4 is 23.2 Å². The van der Waals surface area contributed by atoms with Crippen LogP contribution in [0.1, 0.15) is 10.4 Å². The lowest BCUT2D eigenvalue weighted by Crippen LogP contribution is -2.14. The van der Waals surface area contributed by atoms with Gasteiger partial charge in [-0.1, -0.05) is 11.6 Å². The number of hydrogen-bond donors (Lipinski definition) is 1. The number of anilines is 1. The van der Waals surface area contributed by atoms with Gasteiger partial charge in [0.05, 0.1) is 35.3 Å². The van der Waals surface area contributed by atoms with E-state index in [2.05, 4.69) is 15.3 Å². The number of carbonyl (C=O) groups is 1. The van der Waals surface area contributed by atoms with Crippen molar-refractivity contribution in [2.45, 2.75) is 0 Å². The summed E-state index contributed by atoms with van der Waals surface area (Å²) in [4.78, 5) is 21.1. The molecule has 3 heterocycles. The van der Waals surface area contributed by atoms with Crippen molar-refractivity contribution in [1.82, 2.24) is 19.1 Å². The molecule has 1 aromatic carbocycles. The molecule has 0 radical (unpaired) electrons. The number of pyridine rings is 1. The lowest BCUT2D eigenvalue weighted by atomic mass is 10.1. The minimum Gasteiger partial charge on any atom is -0.496 e. The summed E-state index contributed by atoms with van der Waals surface area (Å²) in [5.74, 6) is 0.788. The zero-order chi connectivity index (χ0) is 19.5. The third-order valence-electron chi connectivity index (χ3n) is 4.17. The van der Waals surface area contributed by atoms with Crippen LogP contribution in [0, 0.1) is 0 Å². The number of rotatable bonds is 5. The second-order valence-corrected chi connectivity index (χ2v) is 6.33. The molecule has 0 saturated heterocycles. The predicted molar refractivity (Wildman–Crippen MR) is 107 cm³/mol. The van der Waals surface area contributed by atoms with Gasteiger partial charge in [0.1, 0.15) is 17.9 Å². The lowest BCUT2D eigenvalue weighted by molar-refractivity contribution is 0.102. The molecule has 4 rings (SSSR count). The van der Waals surface area contributed by atoms with E-state index in [-0.39, 0.29) is 5.91 Å². The number of benzene rings is 1. The Balaban J connectivity index is 1.58. The van der Waals surface area contributed by atoms with E-state index in [1.807, 2.05) is 29.1 Å². The van der Waals surface area contributed by atoms with Gasteiger partial charge in [0.15, 0.2) is 0 Å². The number of halogens is 1. The Kier molecular flexibility index (Phi) is 4.82. The second-order valence-electron chi connectivity index (χ2n) is 5.92. The van der Waals surface area contributed by atoms with E-state index in [0.717, 1.165) is 5.69 Å². The van der Waals surface area contributed by atoms with Gasteiger partial charge in [0.2, 0.25) is 0 Å². The highest BCUT2D eigenvalue weighted by Crippen LogP contribution is 2.30. The Hall–Kier alpha value is -3.58. The quantitative estimate of drug-likeness (QED) is 0.556. The Morgan fingerprint density at radius 3 is 2.61 bits per heavy atom. The van der Waals surface area contributed by atoms with Crippen LogP contribution in [0.4, 0.5) is 5.69 Å². The Bertz CT molecular complexity index is 1090. The molecule has 0 bridgehead atoms. The number of aromatic nitrogens is 4. The van der Waals surface area contributed by atoms with Crippen LogP contribution in [0.2, 0.25) is 5.02 Å². The van der Waals surface area contributed by atoms with Gasteiger partial charge in [-0.05, 0) is 30.3 Å². The Morgan fingerprint density at radius 1 is 1.14 bits per heavy atom. The maximum absolute atomic E-state index is 12.8. The first-order valence-electron chi connectivity index (χ1n) is 8.42. The molecule has 0 atom stereocenters. The van der Waals surface area contributed by atoms with E-state index in [1.54, 1.807) is 53.8 Å². The van der Waals surface area contributed by atoms with Crippen molar-refractivity contribution in [3.05, 3.63) is 84.3 Å². The van der Waals surface area contributed by atoms with Crippen LogP contribution >= 0.6 is 11.6 Å². The molecule has 0 aliphatic heterocycles. The molecule has 7 nitrogen and oxygen atoms in total. The average molecular weight is 394 g/mol. The summed E-state index contributed by atoms with van der Waals surface area (Å²) >= 11 is 6.40. The van der Waals surface area contributed by atoms with E-state index in [9.17, 15) is 4.79 Å². The van der Waals surface area contributed by atoms with Gasteiger partial charge in [0, 0.05) is 30.9 Å². The van der Waals surface area contributed by atoms with Gasteiger partial charge in [-0.15, -0.1) is 0 Å². The fraction of sp³-hybridized carbons (Fsp3) is 0.0500. The van der Waals surface area contributed by atoms with Gasteiger partial charge in [-0.3, -0.25) is 9.36 Å². The minimum atomic E-state index is -0.338. The predicted octanol–water partition coefficient (Wildman–Crippen LogP) is 3.97. The van der Waals surface area contributed by atoms with Crippen LogP contribution in [-0.4, -0.2) is 32.1 Å². The first-order chi connectivity index (χ1) is 13.7. The molecule has 0 aliphatic rings. The molecule has 140 valence electrons. The molecule has 1 amide bonds. The maximum Gasteiger partial charge on any atom is 0.259 e. The number of methoxy groups -OCH3 is 1. The van der Waals surface area contributed by atoms with E-state index in [1.165, 1.54) is 7.11 Å². The van der Waals surface area contributed by atoms with Crippen molar-refractivity contribution in [2.75, 3.05) is 12.4 Å². The third-order valence-corrected chi connectivity index (χ3v) is 4.47. The maximum atomic E-state index is 12.8. The van der Waals surface area contributed by atoms with Crippen LogP contribution in [0.3, 0.4) is 0 Å². The molecule has 1 N–H and O–H groups in total. The minimum absolute atomic E-state index is 0.335. The van der Waals surface area contributed by atoms with Gasteiger partial charge < -0.3 is 14.6 Å². The van der Waals surface area contributed by atoms with Gasteiger partial charge >= 0.3 is 0 Å². The normalized spacial score (nSPS) is 10.6. The molecule has 0 fully saturated rings. The third kappa shape index (κ3) is 3.47. The molecule has 4 aromatic rings. The first-order valence-corrected chi connectivity index (χ1v) is 8.80. The average Bonchev–Trinajstić information content (AvgIpc) is 3.42. The molecule has 0 saturated carbocycles. The first kappa shape index (κ1) is 17.8. The van der Waals surface area contributed by atoms with Gasteiger partial charge in [-0.2, -0.15) is 0 Å². The Labute approximate surface area is 166 Å². The largest absolute Gasteiger partial charge is 0.496 e. The van der Waals surface area contributed by atoms with Crippen molar-refractivity contribution in [2.24, 2.45) is 0 Å². The molecular formula is C20H16ClN5O2. The van der Waals surface area contributed by atoms with E-state index < -0.39 is 0 Å². The number of nitrogens with one attached hydrogen (secondary N) is 1. The molecular weight excluding hydrogens is 378 g/mol. The van der Waals surface area contributed by atoms with Crippen molar-refractivity contribution in [1.29, 1.82) is 0 Å². The highest BCUT2D eigenvalue weighted by Gasteiger charge is 2.17. The fourth-order valence-corrected chi connectivity index (χ4v) is 3.05. The van der Waals surface area contributed by atoms with Crippen LogP contribution in [-0.2, 0) is 0 Å². The van der Waals surface area contributed by atoms with Crippen LogP contribution in [0.25, 0.3) is 11.5 Å². The molecule has 8 heteroatoms. The summed E-state index contributed by atoms with van der Waals surface area (Å²) in [6.45, 7) is 0. The fourth-order valence-electron chi connectivity index (χ4n) is 2.79. The molecule has 0 unspecified atom stereocenters. The number of nitrogens with zero attached hydrogens (tertiary/aromatic N) is 4. The zero-order valence-electron chi connectivity index (χ0n) is 14.9. The monoisotopic (exact) mass is 393 g/mol. The number of carbonyl (C=O) groups excluding carboxylic acids is 1. The summed E-state index contributed by atoms with van der Waals surface area (Å²) in [5, 5.41) is 3.26. The summed E-state index contributed by atoms with van der Waals surface area (Å²) in [6.07, 6.45) is 10.4. The van der Waals surface area contributed by atoms with E-state index in [4.69, 9.17) is 16.3 Å². The molecule has 28 heavy (non-hydrogen) atoms. The highest BCUT2D eigenvalue weighted by molar-refractivity contribution is 6.33. The number of imidazole rings is 1. The smallest absolute Gasteiger partial charge is 0.259 e. The van der Waals surface area contributed by atoms with Gasteiger partial charge in [-0.25, -0.2) is 9.97 Å². The van der Waals surface area contributed by atoms with Crippen molar-refractivity contribution in [3.63, 3.8) is 0 Å². The van der Waals surface area contributed by atoms with Crippen molar-refractivity contribution in [3.8, 4) is 17.3 Å². The topological polar surface area (TPSA) is 74.0 Å². The molecule has 0 spiro atoms. The summed E-state index contributed by atoms with van der Waals surface area (Å²) in [6, 6.07) is 10.7. The second kappa shape index (κ2) is 7.58. The highest BCUT2D eigenvalue weighted by atomic mass is 35.5. The lowest BCUT2D eigenvalue weighted by Gasteiger charge is -2.13. The summed E-state index contributed by atoms with van der Waals surface area (Å²) in [5.41, 5.74) is 1.62. The Morgan fingerprint density at radius 2 is 1.96 bits per heavy atom.